The standard InChI is InChI=1S/C50H68N8O6S2/c1-27(52-4)45(60)55-36-21-23-65-40-26-50(2,3)43(58(40)49(36)64)48(63)56-42-33-13-8-6-11-29(33)25-35(42)47(62)54-31-17-15-30(16-18-31)53-46(61)34-24-28-10-5-7-12-32(28)41(34)38-14-9-22-57-37(44(51)59)19-20-39(57)66-38/h5-8,10-13,27,30-31,34-43,52H,9,14-26H2,1-4H3,(H2,51,59)(H,53,61)(H,54,62)(H,55,60)(H,56,63)/t27-,30?,31?,34+,35+,36-,37?,38?,39?,40-,41-,42-,43+/m0/s1. The van der Waals surface area contributed by atoms with Gasteiger partial charge in [0, 0.05) is 35.7 Å². The van der Waals surface area contributed by atoms with E-state index >= 15 is 0 Å². The quantitative estimate of drug-likeness (QED) is 0.193. The summed E-state index contributed by atoms with van der Waals surface area (Å²) in [6.07, 6.45) is 8.98. The maximum atomic E-state index is 14.7. The number of hydrogen-bond acceptors (Lipinski definition) is 10. The van der Waals surface area contributed by atoms with Crippen molar-refractivity contribution in [2.75, 3.05) is 19.3 Å². The SMILES string of the molecule is CN[C@@H](C)C(=O)N[C@H]1CCS[C@H]2CC(C)(C)[C@@H](C(=O)N[C@H]3c4ccccc4C[C@H]3C(=O)NC3CCC(NC(=O)[C@@H]4Cc5ccccc5[C@@H]4C4CCCN5C(CCC5C(N)=O)S4)CC3)N2C1=O. The number of primary amides is 1. The van der Waals surface area contributed by atoms with E-state index in [2.05, 4.69) is 55.7 Å². The molecule has 4 saturated heterocycles. The molecular weight excluding hydrogens is 873 g/mol. The summed E-state index contributed by atoms with van der Waals surface area (Å²) in [7, 11) is 1.70. The van der Waals surface area contributed by atoms with E-state index in [-0.39, 0.29) is 81.4 Å². The number of amides is 6. The van der Waals surface area contributed by atoms with Crippen LogP contribution in [0.5, 0.6) is 0 Å². The van der Waals surface area contributed by atoms with Crippen molar-refractivity contribution in [3.05, 3.63) is 70.8 Å². The van der Waals surface area contributed by atoms with Crippen molar-refractivity contribution < 1.29 is 28.8 Å². The van der Waals surface area contributed by atoms with Crippen LogP contribution < -0.4 is 32.3 Å². The Labute approximate surface area is 397 Å². The van der Waals surface area contributed by atoms with Crippen LogP contribution in [0.4, 0.5) is 0 Å². The van der Waals surface area contributed by atoms with Crippen molar-refractivity contribution in [3.63, 3.8) is 0 Å². The van der Waals surface area contributed by atoms with E-state index in [0.29, 0.717) is 25.0 Å². The van der Waals surface area contributed by atoms with Crippen molar-refractivity contribution in [3.8, 4) is 0 Å². The molecule has 3 unspecified atom stereocenters. The molecule has 4 heterocycles. The van der Waals surface area contributed by atoms with Crippen LogP contribution in [-0.2, 0) is 41.6 Å². The molecule has 0 spiro atoms. The smallest absolute Gasteiger partial charge is 0.246 e. The summed E-state index contributed by atoms with van der Waals surface area (Å²) in [5.74, 6) is -0.946. The van der Waals surface area contributed by atoms with Crippen molar-refractivity contribution >= 4 is 59.0 Å². The Balaban J connectivity index is 0.829. The number of nitrogens with one attached hydrogen (secondary N) is 5. The van der Waals surface area contributed by atoms with Gasteiger partial charge in [0.2, 0.25) is 35.4 Å². The number of carbonyl (C=O) groups is 6. The van der Waals surface area contributed by atoms with E-state index in [1.165, 1.54) is 11.1 Å². The van der Waals surface area contributed by atoms with Gasteiger partial charge in [0.1, 0.15) is 12.1 Å². The molecule has 16 heteroatoms. The summed E-state index contributed by atoms with van der Waals surface area (Å²) >= 11 is 3.60. The fourth-order valence-corrected chi connectivity index (χ4v) is 15.9. The van der Waals surface area contributed by atoms with Gasteiger partial charge in [-0.25, -0.2) is 0 Å². The van der Waals surface area contributed by atoms with Crippen LogP contribution in [0.25, 0.3) is 0 Å². The molecule has 2 aromatic rings. The van der Waals surface area contributed by atoms with E-state index in [9.17, 15) is 28.8 Å². The van der Waals surface area contributed by atoms with Crippen LogP contribution in [0.1, 0.15) is 119 Å². The minimum atomic E-state index is -0.781. The number of benzene rings is 2. The fourth-order valence-electron chi connectivity index (χ4n) is 12.5. The third-order valence-corrected chi connectivity index (χ3v) is 19.0. The Morgan fingerprint density at radius 3 is 2.08 bits per heavy atom. The zero-order valence-electron chi connectivity index (χ0n) is 38.8. The Bertz CT molecular complexity index is 2200. The van der Waals surface area contributed by atoms with Gasteiger partial charge in [0.25, 0.3) is 0 Å². The number of nitrogens with two attached hydrogens (primary N) is 1. The highest BCUT2D eigenvalue weighted by Crippen LogP contribution is 2.51. The summed E-state index contributed by atoms with van der Waals surface area (Å²) in [5, 5.41) is 16.3. The summed E-state index contributed by atoms with van der Waals surface area (Å²) in [6, 6.07) is 13.6. The molecule has 66 heavy (non-hydrogen) atoms. The monoisotopic (exact) mass is 940 g/mol. The van der Waals surface area contributed by atoms with E-state index < -0.39 is 35.5 Å². The first kappa shape index (κ1) is 47.0. The zero-order valence-corrected chi connectivity index (χ0v) is 40.4. The van der Waals surface area contributed by atoms with Crippen LogP contribution in [0, 0.1) is 17.3 Å². The Morgan fingerprint density at radius 1 is 0.758 bits per heavy atom. The first-order valence-electron chi connectivity index (χ1n) is 24.4. The highest BCUT2D eigenvalue weighted by molar-refractivity contribution is 8.00. The van der Waals surface area contributed by atoms with Crippen LogP contribution in [0.3, 0.4) is 0 Å². The molecule has 5 fully saturated rings. The van der Waals surface area contributed by atoms with E-state index in [4.69, 9.17) is 5.73 Å². The lowest BCUT2D eigenvalue weighted by molar-refractivity contribution is -0.144. The lowest BCUT2D eigenvalue weighted by atomic mass is 9.83. The van der Waals surface area contributed by atoms with Crippen molar-refractivity contribution in [2.45, 2.75) is 162 Å². The minimum Gasteiger partial charge on any atom is -0.368 e. The molecule has 11 atom stereocenters. The second kappa shape index (κ2) is 19.5. The molecule has 7 aliphatic rings. The summed E-state index contributed by atoms with van der Waals surface area (Å²) in [6.45, 7) is 6.65. The Kier molecular flexibility index (Phi) is 13.9. The van der Waals surface area contributed by atoms with E-state index in [1.54, 1.807) is 30.6 Å². The van der Waals surface area contributed by atoms with Gasteiger partial charge in [0.15, 0.2) is 0 Å². The van der Waals surface area contributed by atoms with Crippen molar-refractivity contribution in [1.82, 2.24) is 36.4 Å². The normalized spacial score (nSPS) is 34.1. The number of nitrogens with zero attached hydrogens (tertiary/aromatic N) is 2. The summed E-state index contributed by atoms with van der Waals surface area (Å²) in [4.78, 5) is 86.8. The number of fused-ring (bicyclic) bond motifs is 4. The first-order chi connectivity index (χ1) is 31.7. The number of likely N-dealkylation sites (N-methyl/N-ethyl adjacent to an activating group) is 1. The topological polar surface area (TPSA) is 195 Å². The largest absolute Gasteiger partial charge is 0.368 e. The lowest BCUT2D eigenvalue weighted by Crippen LogP contribution is -2.58. The van der Waals surface area contributed by atoms with Gasteiger partial charge in [-0.3, -0.25) is 33.7 Å². The maximum absolute atomic E-state index is 14.7. The van der Waals surface area contributed by atoms with Gasteiger partial charge in [-0.2, -0.15) is 0 Å². The molecule has 1 saturated carbocycles. The number of rotatable bonds is 11. The predicted molar refractivity (Wildman–Crippen MR) is 257 cm³/mol. The third kappa shape index (κ3) is 9.24. The summed E-state index contributed by atoms with van der Waals surface area (Å²) in [5.41, 5.74) is 9.72. The molecule has 7 N–H and O–H groups in total. The molecule has 0 bridgehead atoms. The highest BCUT2D eigenvalue weighted by Gasteiger charge is 2.55. The molecule has 0 radical (unpaired) electrons. The zero-order chi connectivity index (χ0) is 46.4. The molecule has 0 aromatic heterocycles. The van der Waals surface area contributed by atoms with Gasteiger partial charge in [-0.15, -0.1) is 23.5 Å². The average Bonchev–Trinajstić information content (AvgIpc) is 4.00. The molecule has 4 aliphatic heterocycles. The number of thioether (sulfide) groups is 2. The highest BCUT2D eigenvalue weighted by atomic mass is 32.2. The second-order valence-electron chi connectivity index (χ2n) is 20.6. The number of carbonyl (C=O) groups excluding carboxylic acids is 6. The molecule has 3 aliphatic carbocycles. The van der Waals surface area contributed by atoms with Crippen LogP contribution >= 0.6 is 23.5 Å². The van der Waals surface area contributed by atoms with Gasteiger partial charge >= 0.3 is 0 Å². The molecule has 2 aromatic carbocycles. The molecule has 9 rings (SSSR count). The van der Waals surface area contributed by atoms with Crippen LogP contribution in [0.2, 0.25) is 0 Å². The fraction of sp³-hybridized carbons (Fsp3) is 0.640. The van der Waals surface area contributed by atoms with Crippen LogP contribution in [0.15, 0.2) is 48.5 Å². The minimum absolute atomic E-state index is 0.0132. The molecule has 6 amide bonds. The van der Waals surface area contributed by atoms with Gasteiger partial charge in [-0.1, -0.05) is 62.4 Å². The lowest BCUT2D eigenvalue weighted by Gasteiger charge is -2.36. The van der Waals surface area contributed by atoms with Gasteiger partial charge in [0.05, 0.1) is 34.8 Å². The van der Waals surface area contributed by atoms with E-state index in [1.807, 2.05) is 49.9 Å². The van der Waals surface area contributed by atoms with E-state index in [0.717, 1.165) is 75.5 Å². The molecular formula is C50H68N8O6S2. The predicted octanol–water partition coefficient (Wildman–Crippen LogP) is 3.87. The molecule has 14 nitrogen and oxygen atoms in total. The number of hydrogen-bond donors (Lipinski definition) is 6. The van der Waals surface area contributed by atoms with Crippen molar-refractivity contribution in [1.29, 1.82) is 0 Å². The third-order valence-electron chi connectivity index (χ3n) is 16.0. The van der Waals surface area contributed by atoms with Crippen molar-refractivity contribution in [2.24, 2.45) is 23.0 Å². The maximum Gasteiger partial charge on any atom is 0.246 e. The first-order valence-corrected chi connectivity index (χ1v) is 26.4. The Hall–Kier alpha value is -4.12. The Morgan fingerprint density at radius 2 is 1.39 bits per heavy atom. The van der Waals surface area contributed by atoms with Gasteiger partial charge in [-0.05, 0) is 124 Å². The average molecular weight is 941 g/mol. The second-order valence-corrected chi connectivity index (χ2v) is 23.3. The van der Waals surface area contributed by atoms with Crippen LogP contribution in [-0.4, -0.2) is 117 Å². The molecule has 356 valence electrons. The summed E-state index contributed by atoms with van der Waals surface area (Å²) < 4.78 is 0. The van der Waals surface area contributed by atoms with Gasteiger partial charge < -0.3 is 37.2 Å².